The molecule has 0 aliphatic heterocycles. The second kappa shape index (κ2) is 21.0. The summed E-state index contributed by atoms with van der Waals surface area (Å²) in [6.07, 6.45) is 0.493. The molecule has 0 bridgehead atoms. The number of nitrogens with zero attached hydrogens (tertiary/aromatic N) is 1. The van der Waals surface area contributed by atoms with Gasteiger partial charge in [-0.05, 0) is 108 Å². The maximum atomic E-state index is 16.0. The summed E-state index contributed by atoms with van der Waals surface area (Å²) in [5.41, 5.74) is 18.8. The Hall–Kier alpha value is -6.09. The van der Waals surface area contributed by atoms with Crippen molar-refractivity contribution in [1.82, 2.24) is 0 Å². The quantitative estimate of drug-likeness (QED) is 0.0649. The summed E-state index contributed by atoms with van der Waals surface area (Å²) in [5, 5.41) is 8.63. The minimum Gasteiger partial charge on any atom is -0.339 e. The van der Waals surface area contributed by atoms with Crippen LogP contribution >= 0.6 is 7.92 Å². The van der Waals surface area contributed by atoms with Gasteiger partial charge in [0.25, 0.3) is 0 Å². The fourth-order valence-electron chi connectivity index (χ4n) is 9.27. The average Bonchev–Trinajstić information content (AvgIpc) is 3.27. The number of amidine groups is 1. The van der Waals surface area contributed by atoms with Crippen molar-refractivity contribution >= 4 is 41.8 Å². The Morgan fingerprint density at radius 2 is 0.939 bits per heavy atom. The molecule has 0 spiro atoms. The number of para-hydroxylation sites is 3. The number of hydrogen-bond acceptors (Lipinski definition) is 2. The largest absolute Gasteiger partial charge is 0.339 e. The summed E-state index contributed by atoms with van der Waals surface area (Å²) >= 11 is 0. The number of anilines is 2. The van der Waals surface area contributed by atoms with Crippen LogP contribution < -0.4 is 15.9 Å². The molecule has 7 aromatic carbocycles. The standard InChI is InChI=1S/C61H68N3OP/c1-38(2)50-24-18-25-51(39(3)4)57(50)63-60(46-21-14-13-15-22-46)62-56-30-17-16-23-47(56)37-66(61(65)64-58-52(40(5)6)26-19-27-53(58)41(7)8)59-54(48-33-42(9)31-43(10)34-48)28-20-29-55(59)49-35-44(11)32-45(12)36-49/h13-36,38-41H,37H2,1-12H3,(H,62,63)(H,64,65). The van der Waals surface area contributed by atoms with E-state index in [9.17, 15) is 0 Å². The van der Waals surface area contributed by atoms with Gasteiger partial charge in [0, 0.05) is 36.3 Å². The van der Waals surface area contributed by atoms with Crippen LogP contribution in [0.25, 0.3) is 22.3 Å². The molecule has 0 radical (unpaired) electrons. The Bertz CT molecular complexity index is 2710. The topological polar surface area (TPSA) is 53.5 Å². The summed E-state index contributed by atoms with van der Waals surface area (Å²) in [5.74, 6) is 1.78. The van der Waals surface area contributed by atoms with Crippen LogP contribution in [0.4, 0.5) is 21.9 Å². The molecule has 0 aliphatic carbocycles. The summed E-state index contributed by atoms with van der Waals surface area (Å²) in [6.45, 7) is 26.4. The zero-order valence-electron chi connectivity index (χ0n) is 41.2. The highest BCUT2D eigenvalue weighted by Crippen LogP contribution is 2.49. The lowest BCUT2D eigenvalue weighted by Gasteiger charge is -2.27. The van der Waals surface area contributed by atoms with Gasteiger partial charge >= 0.3 is 0 Å². The first-order chi connectivity index (χ1) is 31.6. The highest BCUT2D eigenvalue weighted by Gasteiger charge is 2.30. The van der Waals surface area contributed by atoms with Gasteiger partial charge in [-0.1, -0.05) is 217 Å². The third kappa shape index (κ3) is 10.9. The Kier molecular flexibility index (Phi) is 15.3. The smallest absolute Gasteiger partial charge is 0.250 e. The summed E-state index contributed by atoms with van der Waals surface area (Å²) in [7, 11) is -1.61. The first-order valence-electron chi connectivity index (χ1n) is 23.7. The van der Waals surface area contributed by atoms with Crippen LogP contribution in [-0.4, -0.2) is 11.5 Å². The molecule has 0 fully saturated rings. The number of carbonyl (C=O) groups excluding carboxylic acids is 1. The predicted molar refractivity (Wildman–Crippen MR) is 287 cm³/mol. The van der Waals surface area contributed by atoms with Crippen LogP contribution in [-0.2, 0) is 6.16 Å². The molecule has 0 heterocycles. The maximum absolute atomic E-state index is 16.0. The van der Waals surface area contributed by atoms with E-state index < -0.39 is 7.92 Å². The molecule has 1 unspecified atom stereocenters. The second-order valence-electron chi connectivity index (χ2n) is 19.3. The molecule has 7 aromatic rings. The third-order valence-electron chi connectivity index (χ3n) is 12.4. The highest BCUT2D eigenvalue weighted by molar-refractivity contribution is 7.81. The van der Waals surface area contributed by atoms with Crippen molar-refractivity contribution < 1.29 is 4.79 Å². The molecule has 0 saturated carbocycles. The lowest BCUT2D eigenvalue weighted by Crippen LogP contribution is -2.22. The van der Waals surface area contributed by atoms with Gasteiger partial charge in [-0.15, -0.1) is 0 Å². The monoisotopic (exact) mass is 890 g/mol. The summed E-state index contributed by atoms with van der Waals surface area (Å²) < 4.78 is 0. The minimum atomic E-state index is -1.61. The van der Waals surface area contributed by atoms with Gasteiger partial charge in [-0.25, -0.2) is 4.99 Å². The number of carbonyl (C=O) groups is 1. The van der Waals surface area contributed by atoms with Crippen molar-refractivity contribution in [2.45, 2.75) is 113 Å². The minimum absolute atomic E-state index is 0.0293. The molecular formula is C61H68N3OP. The van der Waals surface area contributed by atoms with Crippen LogP contribution in [0.5, 0.6) is 0 Å². The van der Waals surface area contributed by atoms with E-state index in [-0.39, 0.29) is 29.3 Å². The fourth-order valence-corrected chi connectivity index (χ4v) is 11.6. The maximum Gasteiger partial charge on any atom is 0.250 e. The highest BCUT2D eigenvalue weighted by atomic mass is 31.1. The molecule has 0 aromatic heterocycles. The number of aliphatic imine (C=N–C) groups is 1. The van der Waals surface area contributed by atoms with E-state index in [1.807, 2.05) is 6.07 Å². The summed E-state index contributed by atoms with van der Waals surface area (Å²) in [4.78, 5) is 21.5. The van der Waals surface area contributed by atoms with E-state index >= 15 is 4.79 Å². The Morgan fingerprint density at radius 3 is 1.42 bits per heavy atom. The number of nitrogens with one attached hydrogen (secondary N) is 2. The lowest BCUT2D eigenvalue weighted by molar-refractivity contribution is 0.269. The summed E-state index contributed by atoms with van der Waals surface area (Å²) in [6, 6.07) is 52.1. The second-order valence-corrected chi connectivity index (χ2v) is 21.3. The van der Waals surface area contributed by atoms with Crippen LogP contribution in [0, 0.1) is 27.7 Å². The Labute approximate surface area is 396 Å². The first kappa shape index (κ1) is 47.9. The van der Waals surface area contributed by atoms with Gasteiger partial charge in [0.1, 0.15) is 5.84 Å². The van der Waals surface area contributed by atoms with E-state index in [2.05, 4.69) is 233 Å². The van der Waals surface area contributed by atoms with Crippen molar-refractivity contribution in [2.24, 2.45) is 4.99 Å². The zero-order valence-corrected chi connectivity index (χ0v) is 42.1. The first-order valence-corrected chi connectivity index (χ1v) is 25.3. The lowest BCUT2D eigenvalue weighted by atomic mass is 9.93. The third-order valence-corrected chi connectivity index (χ3v) is 14.7. The zero-order chi connectivity index (χ0) is 47.2. The average molecular weight is 890 g/mol. The van der Waals surface area contributed by atoms with Crippen molar-refractivity contribution in [2.75, 3.05) is 10.6 Å². The molecule has 5 heteroatoms. The van der Waals surface area contributed by atoms with Crippen molar-refractivity contribution in [3.63, 3.8) is 0 Å². The van der Waals surface area contributed by atoms with E-state index in [0.29, 0.717) is 6.16 Å². The molecule has 2 N–H and O–H groups in total. The van der Waals surface area contributed by atoms with E-state index in [1.165, 1.54) is 33.4 Å². The Balaban J connectivity index is 1.48. The van der Waals surface area contributed by atoms with Crippen LogP contribution in [0.3, 0.4) is 0 Å². The number of hydrogen-bond donors (Lipinski definition) is 2. The van der Waals surface area contributed by atoms with Crippen molar-refractivity contribution in [3.05, 3.63) is 201 Å². The molecule has 66 heavy (non-hydrogen) atoms. The van der Waals surface area contributed by atoms with Gasteiger partial charge in [0.2, 0.25) is 5.65 Å². The molecule has 1 amide bonds. The molecule has 1 atom stereocenters. The normalized spacial score (nSPS) is 12.3. The van der Waals surface area contributed by atoms with E-state index in [4.69, 9.17) is 4.99 Å². The predicted octanol–water partition coefficient (Wildman–Crippen LogP) is 17.5. The SMILES string of the molecule is Cc1cc(C)cc(-c2cccc(-c3cc(C)cc(C)c3)c2P(Cc2ccccc2NC(=Nc2c(C(C)C)cccc2C(C)C)c2ccccc2)C(=O)Nc2c(C(C)C)cccc2C(C)C)c1. The van der Waals surface area contributed by atoms with Crippen LogP contribution in [0.1, 0.15) is 135 Å². The molecule has 0 saturated heterocycles. The fraction of sp³-hybridized carbons (Fsp3) is 0.279. The van der Waals surface area contributed by atoms with Gasteiger partial charge < -0.3 is 10.6 Å². The van der Waals surface area contributed by atoms with Gasteiger partial charge in [-0.2, -0.15) is 0 Å². The molecular weight excluding hydrogens is 822 g/mol. The Morgan fingerprint density at radius 1 is 0.500 bits per heavy atom. The van der Waals surface area contributed by atoms with Gasteiger partial charge in [-0.3, -0.25) is 4.79 Å². The van der Waals surface area contributed by atoms with Crippen LogP contribution in [0.2, 0.25) is 0 Å². The van der Waals surface area contributed by atoms with Gasteiger partial charge in [0.15, 0.2) is 0 Å². The van der Waals surface area contributed by atoms with Crippen molar-refractivity contribution in [1.29, 1.82) is 0 Å². The molecule has 7 rings (SSSR count). The number of aryl methyl sites for hydroxylation is 4. The van der Waals surface area contributed by atoms with Crippen molar-refractivity contribution in [3.8, 4) is 22.3 Å². The van der Waals surface area contributed by atoms with E-state index in [0.717, 1.165) is 72.7 Å². The molecule has 0 aliphatic rings. The number of rotatable bonds is 14. The number of benzene rings is 7. The van der Waals surface area contributed by atoms with Crippen LogP contribution in [0.15, 0.2) is 151 Å². The van der Waals surface area contributed by atoms with E-state index in [1.54, 1.807) is 0 Å². The molecule has 4 nitrogen and oxygen atoms in total. The van der Waals surface area contributed by atoms with Gasteiger partial charge in [0.05, 0.1) is 5.69 Å². The number of amides is 1. The molecule has 338 valence electrons.